The van der Waals surface area contributed by atoms with Crippen LogP contribution in [0.5, 0.6) is 0 Å². The molecule has 0 aliphatic rings. The van der Waals surface area contributed by atoms with E-state index in [1.807, 2.05) is 14.0 Å². The van der Waals surface area contributed by atoms with Gasteiger partial charge < -0.3 is 111 Å². The third kappa shape index (κ3) is 29.7. The zero-order valence-electron chi connectivity index (χ0n) is 67.7. The Labute approximate surface area is 677 Å². The topological polar surface area (TPSA) is 441 Å². The first kappa shape index (κ1) is 90.5. The summed E-state index contributed by atoms with van der Waals surface area (Å²) in [5.74, 6) is -5.11. The molecule has 0 bridgehead atoms. The smallest absolute Gasteiger partial charge is 0.355 e. The first-order chi connectivity index (χ1) is 55.8. The summed E-state index contributed by atoms with van der Waals surface area (Å²) in [6.45, 7) is 7.98. The minimum atomic E-state index is -0.622. The van der Waals surface area contributed by atoms with E-state index in [1.165, 1.54) is 47.2 Å². The van der Waals surface area contributed by atoms with Gasteiger partial charge in [0.1, 0.15) is 60.5 Å². The Bertz CT molecular complexity index is 4980. The minimum absolute atomic E-state index is 0.0128. The molecule has 10 amide bonds. The number of hydrogen-bond donors (Lipinski definition) is 12. The molecule has 35 heteroatoms. The first-order valence-corrected chi connectivity index (χ1v) is 37.3. The molecule has 622 valence electrons. The van der Waals surface area contributed by atoms with Gasteiger partial charge >= 0.3 is 17.9 Å². The van der Waals surface area contributed by atoms with E-state index in [9.17, 15) is 62.3 Å². The molecule has 0 aliphatic carbocycles. The maximum atomic E-state index is 13.2. The number of rotatable bonds is 36. The molecular formula is C82H103N19O16. The number of benzene rings is 3. The Morgan fingerprint density at radius 3 is 0.974 bits per heavy atom. The van der Waals surface area contributed by atoms with Crippen LogP contribution in [0.3, 0.4) is 0 Å². The highest BCUT2D eigenvalue weighted by molar-refractivity contribution is 6.09. The van der Waals surface area contributed by atoms with Gasteiger partial charge in [-0.05, 0) is 130 Å². The van der Waals surface area contributed by atoms with Crippen molar-refractivity contribution in [2.24, 2.45) is 48.0 Å². The maximum Gasteiger partial charge on any atom is 0.355 e. The molecule has 35 nitrogen and oxygen atoms in total. The summed E-state index contributed by atoms with van der Waals surface area (Å²) in [7, 11) is 15.9. The van der Waals surface area contributed by atoms with Gasteiger partial charge in [-0.3, -0.25) is 52.7 Å². The predicted octanol–water partition coefficient (Wildman–Crippen LogP) is 5.41. The van der Waals surface area contributed by atoms with Crippen molar-refractivity contribution < 1.29 is 76.5 Å². The van der Waals surface area contributed by atoms with Gasteiger partial charge in [-0.25, -0.2) is 9.59 Å². The quantitative estimate of drug-likeness (QED) is 0.0133. The molecule has 6 aromatic heterocycles. The first-order valence-electron chi connectivity index (χ1n) is 37.3. The van der Waals surface area contributed by atoms with Gasteiger partial charge in [-0.2, -0.15) is 0 Å². The zero-order valence-corrected chi connectivity index (χ0v) is 67.7. The van der Waals surface area contributed by atoms with Crippen LogP contribution in [0.15, 0.2) is 146 Å². The molecule has 0 radical (unpaired) electrons. The highest BCUT2D eigenvalue weighted by Crippen LogP contribution is 2.24. The lowest BCUT2D eigenvalue weighted by Crippen LogP contribution is -2.38. The number of aryl methyl sites for hydroxylation is 6. The van der Waals surface area contributed by atoms with Gasteiger partial charge in [0.25, 0.3) is 23.6 Å². The van der Waals surface area contributed by atoms with Crippen LogP contribution in [-0.4, -0.2) is 176 Å². The second-order valence-corrected chi connectivity index (χ2v) is 27.6. The number of amides is 10. The minimum Gasteiger partial charge on any atom is -0.460 e. The SMILES string of the molecule is CCNC(=O)Cc1ccc(COC(=O)CNC(=O)Cc2ccc(COC(=O)c3cc(NC(=O)c4cc(NC(=O)c5cc(NC(C)=O)cn5C)cn4C)cn3C)cc2)cc1.CN(C)CCCN.CNCCCNC(=O)CNC(=O)Cc1ccc(COC(=O)c2cc(NC(=O)c3cc(NC(=O)c4cc(NC(C)=O)cn4C)cn3C)cn2C)cc1. The Hall–Kier alpha value is -13.7. The molecule has 117 heavy (non-hydrogen) atoms. The number of carbonyl (C=O) groups excluding carboxylic acids is 13. The summed E-state index contributed by atoms with van der Waals surface area (Å²) >= 11 is 0. The van der Waals surface area contributed by atoms with E-state index in [2.05, 4.69) is 77.5 Å². The van der Waals surface area contributed by atoms with E-state index in [0.29, 0.717) is 75.3 Å². The van der Waals surface area contributed by atoms with Crippen LogP contribution < -0.4 is 64.2 Å². The summed E-state index contributed by atoms with van der Waals surface area (Å²) < 4.78 is 25.6. The number of nitrogens with two attached hydrogens (primary N) is 1. The van der Waals surface area contributed by atoms with Crippen LogP contribution in [-0.2, 0) is 129 Å². The van der Waals surface area contributed by atoms with E-state index in [0.717, 1.165) is 49.2 Å². The number of nitrogens with one attached hydrogen (secondary N) is 11. The van der Waals surface area contributed by atoms with E-state index in [1.54, 1.807) is 183 Å². The van der Waals surface area contributed by atoms with Crippen LogP contribution in [0.2, 0.25) is 0 Å². The van der Waals surface area contributed by atoms with Crippen molar-refractivity contribution in [2.75, 3.05) is 98.9 Å². The standard InChI is InChI=1S/C42H46N8O9.C35H43N9O7.C5H14N2/c1-6-43-37(52)15-27-7-11-29(12-8-27)24-58-39(54)20-44-38(53)16-28-9-13-30(14-10-28)25-59-42(57)36-19-33(23-50(36)5)47-41(56)35-18-32(22-49(35)4)46-40(55)34-17-31(21-48(34)3)45-26(2)51;1-22(45)39-25-14-28(42(3)18-25)33(48)40-26-15-29(43(4)19-26)34(49)41-27-16-30(44(5)20-27)35(50)51-21-24-9-7-23(8-10-24)13-31(46)38-17-32(47)37-12-6-11-36-2;1-7(2)5-3-4-6/h7-14,17-19,21-23H,6,15-16,20,24-25H2,1-5H3,(H,43,52)(H,44,53)(H,45,51)(H,46,55)(H,47,56);7-10,14-16,18-20,36H,6,11-13,17,21H2,1-5H3,(H,37,47)(H,38,46)(H,39,45)(H,40,48)(H,41,49);3-6H2,1-2H3. The zero-order chi connectivity index (χ0) is 85.4. The average Bonchev–Trinajstić information content (AvgIpc) is 1.68. The van der Waals surface area contributed by atoms with Crippen LogP contribution in [0.25, 0.3) is 0 Å². The van der Waals surface area contributed by atoms with E-state index < -0.39 is 41.5 Å². The number of hydrogen-bond acceptors (Lipinski definition) is 19. The molecule has 9 aromatic rings. The number of likely N-dealkylation sites (N-methyl/N-ethyl adjacent to an activating group) is 1. The largest absolute Gasteiger partial charge is 0.460 e. The van der Waals surface area contributed by atoms with Gasteiger partial charge in [-0.15, -0.1) is 0 Å². The molecule has 9 rings (SSSR count). The fraction of sp³-hybridized carbons (Fsp3) is 0.329. The molecule has 0 unspecified atom stereocenters. The Balaban J connectivity index is 0.000000301. The average molecular weight is 1610 g/mol. The second kappa shape index (κ2) is 44.7. The van der Waals surface area contributed by atoms with Gasteiger partial charge in [0.15, 0.2) is 0 Å². The summed E-state index contributed by atoms with van der Waals surface area (Å²) in [6.07, 6.45) is 11.8. The molecule has 0 spiro atoms. The summed E-state index contributed by atoms with van der Waals surface area (Å²) in [5, 5.41) is 29.9. The lowest BCUT2D eigenvalue weighted by Gasteiger charge is -2.09. The number of anilines is 6. The molecule has 0 saturated heterocycles. The highest BCUT2D eigenvalue weighted by Gasteiger charge is 2.23. The molecule has 3 aromatic carbocycles. The number of carbonyl (C=O) groups is 13. The molecule has 0 aliphatic heterocycles. The van der Waals surface area contributed by atoms with Crippen LogP contribution in [0, 0.1) is 0 Å². The summed E-state index contributed by atoms with van der Waals surface area (Å²) in [4.78, 5) is 163. The van der Waals surface area contributed by atoms with Crippen molar-refractivity contribution in [3.8, 4) is 0 Å². The molecule has 0 saturated carbocycles. The molecule has 13 N–H and O–H groups in total. The second-order valence-electron chi connectivity index (χ2n) is 27.6. The number of esters is 3. The monoisotopic (exact) mass is 1610 g/mol. The molecule has 6 heterocycles. The van der Waals surface area contributed by atoms with Gasteiger partial charge in [-0.1, -0.05) is 72.8 Å². The fourth-order valence-corrected chi connectivity index (χ4v) is 11.5. The Morgan fingerprint density at radius 2 is 0.667 bits per heavy atom. The lowest BCUT2D eigenvalue weighted by molar-refractivity contribution is -0.145. The predicted molar refractivity (Wildman–Crippen MR) is 440 cm³/mol. The third-order valence-electron chi connectivity index (χ3n) is 17.3. The third-order valence-corrected chi connectivity index (χ3v) is 17.3. The van der Waals surface area contributed by atoms with Gasteiger partial charge in [0.2, 0.25) is 35.4 Å². The van der Waals surface area contributed by atoms with E-state index in [-0.39, 0.29) is 110 Å². The van der Waals surface area contributed by atoms with Gasteiger partial charge in [0, 0.05) is 106 Å². The van der Waals surface area contributed by atoms with Crippen molar-refractivity contribution >= 4 is 111 Å². The molecule has 0 atom stereocenters. The normalized spacial score (nSPS) is 10.6. The highest BCUT2D eigenvalue weighted by atomic mass is 16.5. The van der Waals surface area contributed by atoms with Gasteiger partial charge in [0.05, 0.1) is 59.9 Å². The van der Waals surface area contributed by atoms with Crippen LogP contribution >= 0.6 is 0 Å². The number of aromatic nitrogens is 6. The van der Waals surface area contributed by atoms with E-state index >= 15 is 0 Å². The molecule has 0 fully saturated rings. The van der Waals surface area contributed by atoms with Crippen molar-refractivity contribution in [3.05, 3.63) is 214 Å². The number of ether oxygens (including phenoxy) is 3. The number of nitrogens with zero attached hydrogens (tertiary/aromatic N) is 7. The Kier molecular flexibility index (Phi) is 34.6. The molecular weight excluding hydrogens is 1510 g/mol. The lowest BCUT2D eigenvalue weighted by atomic mass is 10.1. The van der Waals surface area contributed by atoms with Crippen LogP contribution in [0.4, 0.5) is 34.1 Å². The van der Waals surface area contributed by atoms with Crippen LogP contribution in [0.1, 0.15) is 130 Å². The van der Waals surface area contributed by atoms with Crippen molar-refractivity contribution in [2.45, 2.75) is 72.7 Å². The Morgan fingerprint density at radius 1 is 0.368 bits per heavy atom. The van der Waals surface area contributed by atoms with Crippen molar-refractivity contribution in [1.82, 2.24) is 58.9 Å². The summed E-state index contributed by atoms with van der Waals surface area (Å²) in [6, 6.07) is 30.2. The fourth-order valence-electron chi connectivity index (χ4n) is 11.5. The van der Waals surface area contributed by atoms with Crippen molar-refractivity contribution in [3.63, 3.8) is 0 Å². The van der Waals surface area contributed by atoms with E-state index in [4.69, 9.17) is 19.9 Å². The van der Waals surface area contributed by atoms with Crippen molar-refractivity contribution in [1.29, 1.82) is 0 Å². The maximum absolute atomic E-state index is 13.2. The summed E-state index contributed by atoms with van der Waals surface area (Å²) in [5.41, 5.74) is 13.6.